The summed E-state index contributed by atoms with van der Waals surface area (Å²) in [6, 6.07) is 10.0. The summed E-state index contributed by atoms with van der Waals surface area (Å²) >= 11 is 6.98. The van der Waals surface area contributed by atoms with Gasteiger partial charge in [0.1, 0.15) is 4.21 Å². The van der Waals surface area contributed by atoms with Gasteiger partial charge in [0.15, 0.2) is 0 Å². The Morgan fingerprint density at radius 3 is 2.63 bits per heavy atom. The molecule has 0 unspecified atom stereocenters. The van der Waals surface area contributed by atoms with Crippen molar-refractivity contribution in [1.82, 2.24) is 10.0 Å². The summed E-state index contributed by atoms with van der Waals surface area (Å²) in [7, 11) is -3.55. The first-order valence-corrected chi connectivity index (χ1v) is 11.0. The first-order valence-electron chi connectivity index (χ1n) is 8.23. The second kappa shape index (κ2) is 8.39. The zero-order valence-corrected chi connectivity index (χ0v) is 16.6. The number of sulfonamides is 1. The molecule has 1 atom stereocenters. The van der Waals surface area contributed by atoms with Crippen LogP contribution in [0.5, 0.6) is 0 Å². The van der Waals surface area contributed by atoms with Gasteiger partial charge in [-0.15, -0.1) is 11.3 Å². The summed E-state index contributed by atoms with van der Waals surface area (Å²) in [6.07, 6.45) is 0.120. The molecule has 0 saturated carbocycles. The van der Waals surface area contributed by atoms with E-state index in [1.54, 1.807) is 40.6 Å². The number of rotatable bonds is 7. The number of carbonyl (C=O) groups is 2. The van der Waals surface area contributed by atoms with Crippen molar-refractivity contribution in [3.63, 3.8) is 0 Å². The van der Waals surface area contributed by atoms with Crippen LogP contribution in [0.25, 0.3) is 0 Å². The van der Waals surface area contributed by atoms with Crippen LogP contribution in [-0.2, 0) is 19.6 Å². The summed E-state index contributed by atoms with van der Waals surface area (Å²) in [5, 5.41) is 4.94. The molecular weight excluding hydrogens is 410 g/mol. The maximum atomic E-state index is 12.3. The number of nitrogens with one attached hydrogen (secondary N) is 2. The second-order valence-corrected chi connectivity index (χ2v) is 9.38. The molecule has 1 fully saturated rings. The minimum absolute atomic E-state index is 0.0769. The van der Waals surface area contributed by atoms with E-state index in [1.807, 2.05) is 0 Å². The van der Waals surface area contributed by atoms with E-state index in [2.05, 4.69) is 10.0 Å². The first kappa shape index (κ1) is 19.8. The third-order valence-electron chi connectivity index (χ3n) is 4.11. The standard InChI is InChI=1S/C17H18ClN3O4S2/c18-13-3-5-14(6-4-13)21-11-12(10-15(21)22)17(23)19-7-8-20-27(24,25)16-2-1-9-26-16/h1-6,9,12,20H,7-8,10-11H2,(H,19,23)/t12-/m1/s1. The molecule has 0 spiro atoms. The van der Waals surface area contributed by atoms with Gasteiger partial charge in [0.25, 0.3) is 0 Å². The fraction of sp³-hybridized carbons (Fsp3) is 0.294. The molecule has 1 aromatic heterocycles. The van der Waals surface area contributed by atoms with E-state index in [0.717, 1.165) is 11.3 Å². The van der Waals surface area contributed by atoms with Crippen LogP contribution in [0.15, 0.2) is 46.0 Å². The molecule has 0 radical (unpaired) electrons. The lowest BCUT2D eigenvalue weighted by Crippen LogP contribution is -2.38. The highest BCUT2D eigenvalue weighted by Gasteiger charge is 2.34. The quantitative estimate of drug-likeness (QED) is 0.659. The highest BCUT2D eigenvalue weighted by atomic mass is 35.5. The van der Waals surface area contributed by atoms with Crippen LogP contribution in [-0.4, -0.2) is 39.9 Å². The number of hydrogen-bond donors (Lipinski definition) is 2. The fourth-order valence-electron chi connectivity index (χ4n) is 2.76. The van der Waals surface area contributed by atoms with Crippen LogP contribution in [0.4, 0.5) is 5.69 Å². The van der Waals surface area contributed by atoms with Gasteiger partial charge in [-0.05, 0) is 35.7 Å². The molecule has 2 heterocycles. The fourth-order valence-corrected chi connectivity index (χ4v) is 4.95. The van der Waals surface area contributed by atoms with E-state index >= 15 is 0 Å². The van der Waals surface area contributed by atoms with Crippen molar-refractivity contribution >= 4 is 50.5 Å². The van der Waals surface area contributed by atoms with Gasteiger partial charge in [-0.3, -0.25) is 9.59 Å². The van der Waals surface area contributed by atoms with Gasteiger partial charge < -0.3 is 10.2 Å². The summed E-state index contributed by atoms with van der Waals surface area (Å²) < 4.78 is 26.6. The molecule has 2 aromatic rings. The number of halogens is 1. The molecule has 1 aliphatic heterocycles. The molecule has 0 aliphatic carbocycles. The van der Waals surface area contributed by atoms with Gasteiger partial charge in [-0.2, -0.15) is 0 Å². The van der Waals surface area contributed by atoms with Crippen LogP contribution in [0, 0.1) is 5.92 Å². The molecular formula is C17H18ClN3O4S2. The Kier molecular flexibility index (Phi) is 6.15. The minimum Gasteiger partial charge on any atom is -0.354 e. The zero-order chi connectivity index (χ0) is 19.4. The molecule has 10 heteroatoms. The topological polar surface area (TPSA) is 95.6 Å². The van der Waals surface area contributed by atoms with Crippen LogP contribution in [0.1, 0.15) is 6.42 Å². The predicted molar refractivity (Wildman–Crippen MR) is 104 cm³/mol. The highest BCUT2D eigenvalue weighted by Crippen LogP contribution is 2.26. The molecule has 3 rings (SSSR count). The van der Waals surface area contributed by atoms with Crippen LogP contribution in [0.3, 0.4) is 0 Å². The van der Waals surface area contributed by atoms with Crippen molar-refractivity contribution in [3.05, 3.63) is 46.8 Å². The normalized spacial score (nSPS) is 17.3. The largest absolute Gasteiger partial charge is 0.354 e. The minimum atomic E-state index is -3.55. The third-order valence-corrected chi connectivity index (χ3v) is 7.22. The van der Waals surface area contributed by atoms with Crippen molar-refractivity contribution in [2.45, 2.75) is 10.6 Å². The summed E-state index contributed by atoms with van der Waals surface area (Å²) in [5.41, 5.74) is 0.698. The number of carbonyl (C=O) groups excluding carboxylic acids is 2. The Morgan fingerprint density at radius 1 is 1.22 bits per heavy atom. The Balaban J connectivity index is 1.47. The number of thiophene rings is 1. The van der Waals surface area contributed by atoms with Crippen molar-refractivity contribution in [2.24, 2.45) is 5.92 Å². The molecule has 2 N–H and O–H groups in total. The van der Waals surface area contributed by atoms with Gasteiger partial charge in [0.2, 0.25) is 21.8 Å². The van der Waals surface area contributed by atoms with Crippen LogP contribution >= 0.6 is 22.9 Å². The number of hydrogen-bond acceptors (Lipinski definition) is 5. The first-order chi connectivity index (χ1) is 12.9. The molecule has 1 saturated heterocycles. The van der Waals surface area contributed by atoms with Crippen LogP contribution < -0.4 is 14.9 Å². The average Bonchev–Trinajstić information content (AvgIpc) is 3.30. The Hall–Kier alpha value is -1.94. The van der Waals surface area contributed by atoms with E-state index < -0.39 is 15.9 Å². The molecule has 27 heavy (non-hydrogen) atoms. The van der Waals surface area contributed by atoms with Gasteiger partial charge >= 0.3 is 0 Å². The highest BCUT2D eigenvalue weighted by molar-refractivity contribution is 7.91. The van der Waals surface area contributed by atoms with Gasteiger partial charge in [0, 0.05) is 36.8 Å². The van der Waals surface area contributed by atoms with E-state index in [4.69, 9.17) is 11.6 Å². The monoisotopic (exact) mass is 427 g/mol. The molecule has 144 valence electrons. The lowest BCUT2D eigenvalue weighted by atomic mass is 10.1. The van der Waals surface area contributed by atoms with E-state index in [-0.39, 0.29) is 42.1 Å². The maximum Gasteiger partial charge on any atom is 0.250 e. The SMILES string of the molecule is O=C(NCCNS(=O)(=O)c1cccs1)[C@@H]1CC(=O)N(c2ccc(Cl)cc2)C1. The molecule has 7 nitrogen and oxygen atoms in total. The predicted octanol–water partition coefficient (Wildman–Crippen LogP) is 1.85. The number of benzene rings is 1. The van der Waals surface area contributed by atoms with Crippen molar-refractivity contribution in [2.75, 3.05) is 24.5 Å². The van der Waals surface area contributed by atoms with Crippen molar-refractivity contribution in [3.8, 4) is 0 Å². The number of nitrogens with zero attached hydrogens (tertiary/aromatic N) is 1. The van der Waals surface area contributed by atoms with E-state index in [9.17, 15) is 18.0 Å². The maximum absolute atomic E-state index is 12.3. The van der Waals surface area contributed by atoms with Gasteiger partial charge in [-0.1, -0.05) is 17.7 Å². The van der Waals surface area contributed by atoms with E-state index in [0.29, 0.717) is 10.7 Å². The Morgan fingerprint density at radius 2 is 1.96 bits per heavy atom. The zero-order valence-electron chi connectivity index (χ0n) is 14.2. The smallest absolute Gasteiger partial charge is 0.250 e. The van der Waals surface area contributed by atoms with Crippen LogP contribution in [0.2, 0.25) is 5.02 Å². The number of amides is 2. The van der Waals surface area contributed by atoms with E-state index in [1.165, 1.54) is 6.07 Å². The second-order valence-electron chi connectivity index (χ2n) is 6.00. The Bertz CT molecular complexity index is 914. The summed E-state index contributed by atoms with van der Waals surface area (Å²) in [6.45, 7) is 0.510. The Labute approximate surface area is 166 Å². The van der Waals surface area contributed by atoms with Gasteiger partial charge in [0.05, 0.1) is 5.92 Å². The molecule has 0 bridgehead atoms. The van der Waals surface area contributed by atoms with Gasteiger partial charge in [-0.25, -0.2) is 13.1 Å². The third kappa shape index (κ3) is 4.86. The van der Waals surface area contributed by atoms with Crippen molar-refractivity contribution in [1.29, 1.82) is 0 Å². The molecule has 2 amide bonds. The summed E-state index contributed by atoms with van der Waals surface area (Å²) in [5.74, 6) is -0.868. The summed E-state index contributed by atoms with van der Waals surface area (Å²) in [4.78, 5) is 26.0. The molecule has 1 aromatic carbocycles. The van der Waals surface area contributed by atoms with Crippen molar-refractivity contribution < 1.29 is 18.0 Å². The lowest BCUT2D eigenvalue weighted by molar-refractivity contribution is -0.126. The molecule has 1 aliphatic rings. The lowest BCUT2D eigenvalue weighted by Gasteiger charge is -2.16. The number of anilines is 1. The average molecular weight is 428 g/mol.